The second-order valence-corrected chi connectivity index (χ2v) is 6.80. The lowest BCUT2D eigenvalue weighted by atomic mass is 10.0. The largest absolute Gasteiger partial charge is 0.416 e. The molecule has 0 bridgehead atoms. The Bertz CT molecular complexity index is 738. The van der Waals surface area contributed by atoms with E-state index >= 15 is 0 Å². The maximum Gasteiger partial charge on any atom is 0.416 e. The van der Waals surface area contributed by atoms with Crippen molar-refractivity contribution in [1.29, 1.82) is 0 Å². The van der Waals surface area contributed by atoms with E-state index in [1.807, 2.05) is 4.90 Å². The Morgan fingerprint density at radius 2 is 1.74 bits per heavy atom. The molecule has 2 aliphatic rings. The van der Waals surface area contributed by atoms with Crippen LogP contribution in [0.2, 0.25) is 0 Å². The van der Waals surface area contributed by atoms with Crippen LogP contribution in [-0.4, -0.2) is 42.6 Å². The van der Waals surface area contributed by atoms with Crippen molar-refractivity contribution in [2.45, 2.75) is 37.5 Å². The van der Waals surface area contributed by atoms with Crippen molar-refractivity contribution in [2.24, 2.45) is 10.2 Å². The van der Waals surface area contributed by atoms with Crippen molar-refractivity contribution in [2.75, 3.05) is 31.1 Å². The molecule has 1 aromatic carbocycles. The summed E-state index contributed by atoms with van der Waals surface area (Å²) in [5.74, 6) is 2.62. The van der Waals surface area contributed by atoms with E-state index in [4.69, 9.17) is 6.42 Å². The maximum absolute atomic E-state index is 12.7. The molecule has 27 heavy (non-hydrogen) atoms. The highest BCUT2D eigenvalue weighted by Crippen LogP contribution is 2.37. The first-order chi connectivity index (χ1) is 12.8. The molecule has 1 saturated heterocycles. The summed E-state index contributed by atoms with van der Waals surface area (Å²) in [5, 5.41) is 8.07. The minimum atomic E-state index is -4.33. The molecule has 0 aliphatic carbocycles. The average Bonchev–Trinajstić information content (AvgIpc) is 3.44. The number of hydrogen-bond donors (Lipinski definition) is 0. The fraction of sp³-hybridized carbons (Fsp3) is 0.526. The van der Waals surface area contributed by atoms with Crippen LogP contribution >= 0.6 is 0 Å². The molecule has 0 saturated carbocycles. The number of carbonyl (C=O) groups is 1. The van der Waals surface area contributed by atoms with Crippen molar-refractivity contribution in [1.82, 2.24) is 4.90 Å². The van der Waals surface area contributed by atoms with Crippen LogP contribution in [-0.2, 0) is 11.0 Å². The first-order valence-corrected chi connectivity index (χ1v) is 8.90. The molecule has 2 aliphatic heterocycles. The summed E-state index contributed by atoms with van der Waals surface area (Å²) in [6.45, 7) is 2.28. The van der Waals surface area contributed by atoms with Gasteiger partial charge in [-0.2, -0.15) is 23.4 Å². The minimum absolute atomic E-state index is 0.0550. The Labute approximate surface area is 156 Å². The number of benzene rings is 1. The van der Waals surface area contributed by atoms with Gasteiger partial charge in [0, 0.05) is 57.5 Å². The van der Waals surface area contributed by atoms with E-state index in [9.17, 15) is 18.0 Å². The first kappa shape index (κ1) is 19.2. The molecule has 5 nitrogen and oxygen atoms in total. The predicted molar refractivity (Wildman–Crippen MR) is 95.1 cm³/mol. The maximum atomic E-state index is 12.7. The lowest BCUT2D eigenvalue weighted by Crippen LogP contribution is -2.48. The molecule has 8 heteroatoms. The number of anilines is 1. The summed E-state index contributed by atoms with van der Waals surface area (Å²) < 4.78 is 38.0. The van der Waals surface area contributed by atoms with Crippen LogP contribution in [0.1, 0.15) is 31.2 Å². The molecular weight excluding hydrogens is 357 g/mol. The number of piperazine rings is 1. The smallest absolute Gasteiger partial charge is 0.368 e. The van der Waals surface area contributed by atoms with Gasteiger partial charge >= 0.3 is 6.18 Å². The first-order valence-electron chi connectivity index (χ1n) is 8.90. The topological polar surface area (TPSA) is 48.3 Å². The van der Waals surface area contributed by atoms with Gasteiger partial charge in [-0.15, -0.1) is 12.3 Å². The zero-order valence-electron chi connectivity index (χ0n) is 14.9. The molecule has 144 valence electrons. The van der Waals surface area contributed by atoms with Gasteiger partial charge in [-0.3, -0.25) is 4.79 Å². The zero-order chi connectivity index (χ0) is 19.5. The van der Waals surface area contributed by atoms with Crippen LogP contribution in [0.5, 0.6) is 0 Å². The van der Waals surface area contributed by atoms with Crippen LogP contribution in [0.25, 0.3) is 0 Å². The quantitative estimate of drug-likeness (QED) is 0.709. The molecule has 0 spiro atoms. The summed E-state index contributed by atoms with van der Waals surface area (Å²) in [6, 6.07) is 5.13. The van der Waals surface area contributed by atoms with Gasteiger partial charge in [0.15, 0.2) is 5.66 Å². The number of alkyl halides is 3. The number of amides is 1. The monoisotopic (exact) mass is 378 g/mol. The fourth-order valence-electron chi connectivity index (χ4n) is 3.21. The Kier molecular flexibility index (Phi) is 5.40. The van der Waals surface area contributed by atoms with Gasteiger partial charge in [-0.05, 0) is 24.3 Å². The summed E-state index contributed by atoms with van der Waals surface area (Å²) in [6.07, 6.45) is 3.14. The van der Waals surface area contributed by atoms with Crippen LogP contribution < -0.4 is 4.90 Å². The Morgan fingerprint density at radius 3 is 2.26 bits per heavy atom. The van der Waals surface area contributed by atoms with Gasteiger partial charge in [0.2, 0.25) is 5.91 Å². The van der Waals surface area contributed by atoms with Crippen molar-refractivity contribution < 1.29 is 18.0 Å². The molecule has 0 atom stereocenters. The zero-order valence-corrected chi connectivity index (χ0v) is 14.9. The lowest BCUT2D eigenvalue weighted by Gasteiger charge is -2.36. The Hall–Kier alpha value is -2.56. The molecule has 1 aromatic rings. The van der Waals surface area contributed by atoms with Crippen molar-refractivity contribution >= 4 is 11.6 Å². The molecule has 3 rings (SSSR count). The van der Waals surface area contributed by atoms with Crippen molar-refractivity contribution in [3.8, 4) is 12.3 Å². The predicted octanol–water partition coefficient (Wildman–Crippen LogP) is 3.71. The number of hydrogen-bond acceptors (Lipinski definition) is 4. The van der Waals surface area contributed by atoms with Gasteiger partial charge in [0.25, 0.3) is 0 Å². The van der Waals surface area contributed by atoms with E-state index < -0.39 is 17.4 Å². The molecule has 1 amide bonds. The highest BCUT2D eigenvalue weighted by Gasteiger charge is 2.39. The van der Waals surface area contributed by atoms with E-state index in [2.05, 4.69) is 16.1 Å². The van der Waals surface area contributed by atoms with E-state index in [-0.39, 0.29) is 5.91 Å². The van der Waals surface area contributed by atoms with Crippen LogP contribution in [0, 0.1) is 12.3 Å². The molecule has 0 aromatic heterocycles. The van der Waals surface area contributed by atoms with E-state index in [0.717, 1.165) is 17.8 Å². The summed E-state index contributed by atoms with van der Waals surface area (Å²) in [7, 11) is 0. The fourth-order valence-corrected chi connectivity index (χ4v) is 3.21. The number of terminal acetylenes is 1. The van der Waals surface area contributed by atoms with E-state index in [0.29, 0.717) is 51.9 Å². The van der Waals surface area contributed by atoms with Gasteiger partial charge in [-0.25, -0.2) is 0 Å². The second-order valence-electron chi connectivity index (χ2n) is 6.80. The summed E-state index contributed by atoms with van der Waals surface area (Å²) in [4.78, 5) is 16.2. The molecule has 0 unspecified atom stereocenters. The standard InChI is InChI=1S/C19H21F3N4O/c1-2-3-9-18(23-24-18)10-8-17(27)26-13-11-25(12-14-26)16-6-4-15(5-7-16)19(20,21)22/h1,4-7H,3,8-14H2. The van der Waals surface area contributed by atoms with Gasteiger partial charge in [0.05, 0.1) is 5.56 Å². The number of rotatable bonds is 6. The lowest BCUT2D eigenvalue weighted by molar-refractivity contribution is -0.137. The van der Waals surface area contributed by atoms with E-state index in [1.54, 1.807) is 4.90 Å². The molecule has 0 radical (unpaired) electrons. The van der Waals surface area contributed by atoms with Crippen LogP contribution in [0.15, 0.2) is 34.5 Å². The molecule has 0 N–H and O–H groups in total. The third-order valence-corrected chi connectivity index (χ3v) is 4.98. The normalized spacial score (nSPS) is 18.3. The molecule has 1 fully saturated rings. The third-order valence-electron chi connectivity index (χ3n) is 4.98. The van der Waals surface area contributed by atoms with Gasteiger partial charge in [0.1, 0.15) is 0 Å². The van der Waals surface area contributed by atoms with E-state index in [1.165, 1.54) is 12.1 Å². The summed E-state index contributed by atoms with van der Waals surface area (Å²) >= 11 is 0. The number of nitrogens with zero attached hydrogens (tertiary/aromatic N) is 4. The highest BCUT2D eigenvalue weighted by atomic mass is 19.4. The van der Waals surface area contributed by atoms with Crippen LogP contribution in [0.3, 0.4) is 0 Å². The number of halogens is 3. The minimum Gasteiger partial charge on any atom is -0.368 e. The van der Waals surface area contributed by atoms with Gasteiger partial charge in [-0.1, -0.05) is 0 Å². The molecule has 2 heterocycles. The third kappa shape index (κ3) is 4.79. The van der Waals surface area contributed by atoms with Crippen molar-refractivity contribution in [3.05, 3.63) is 29.8 Å². The average molecular weight is 378 g/mol. The van der Waals surface area contributed by atoms with Gasteiger partial charge < -0.3 is 9.80 Å². The highest BCUT2D eigenvalue weighted by molar-refractivity contribution is 5.76. The second kappa shape index (κ2) is 7.59. The summed E-state index contributed by atoms with van der Waals surface area (Å²) in [5.41, 5.74) is -0.377. The van der Waals surface area contributed by atoms with Crippen molar-refractivity contribution in [3.63, 3.8) is 0 Å². The molecular formula is C19H21F3N4O. The van der Waals surface area contributed by atoms with Crippen LogP contribution in [0.4, 0.5) is 18.9 Å². The SMILES string of the molecule is C#CCCC1(CCC(=O)N2CCN(c3ccc(C(F)(F)F)cc3)CC2)N=N1. The Balaban J connectivity index is 1.46. The number of carbonyl (C=O) groups excluding carboxylic acids is 1. The Morgan fingerprint density at radius 1 is 1.11 bits per heavy atom.